The molecule has 0 bridgehead atoms. The normalized spacial score (nSPS) is 15.1. The van der Waals surface area contributed by atoms with Gasteiger partial charge in [-0.25, -0.2) is 4.79 Å². The second kappa shape index (κ2) is 4.92. The molecule has 1 aliphatic heterocycles. The highest BCUT2D eigenvalue weighted by Crippen LogP contribution is 2.25. The fraction of sp³-hybridized carbons (Fsp3) is 0.643. The van der Waals surface area contributed by atoms with Gasteiger partial charge in [0.1, 0.15) is 0 Å². The van der Waals surface area contributed by atoms with Crippen LogP contribution in [0.25, 0.3) is 0 Å². The molecule has 0 unspecified atom stereocenters. The van der Waals surface area contributed by atoms with Gasteiger partial charge in [-0.05, 0) is 5.41 Å². The lowest BCUT2D eigenvalue weighted by atomic mass is 9.91. The molecular weight excluding hydrogens is 258 g/mol. The number of amides is 1. The Labute approximate surface area is 118 Å². The number of aryl methyl sites for hydroxylation is 1. The Morgan fingerprint density at radius 2 is 2.00 bits per heavy atom. The molecular formula is C14H21N3O3. The summed E-state index contributed by atoms with van der Waals surface area (Å²) in [7, 11) is 1.63. The number of carbonyl (C=O) groups is 2. The van der Waals surface area contributed by atoms with Gasteiger partial charge in [0.05, 0.1) is 5.69 Å². The van der Waals surface area contributed by atoms with Crippen LogP contribution in [0.5, 0.6) is 0 Å². The molecule has 0 saturated heterocycles. The van der Waals surface area contributed by atoms with Crippen LogP contribution >= 0.6 is 0 Å². The maximum absolute atomic E-state index is 12.3. The topological polar surface area (TPSA) is 75.4 Å². The standard InChI is InChI=1S/C14H21N3O3/c1-14(2,3)7-11(18)17-6-5-10-9(8-17)12(13(19)20)16(4)15-10/h5-8H2,1-4H3,(H,19,20). The first-order valence-electron chi connectivity index (χ1n) is 6.75. The lowest BCUT2D eigenvalue weighted by molar-refractivity contribution is -0.134. The smallest absolute Gasteiger partial charge is 0.354 e. The van der Waals surface area contributed by atoms with E-state index in [2.05, 4.69) is 5.10 Å². The number of aromatic carboxylic acids is 1. The van der Waals surface area contributed by atoms with Crippen LogP contribution in [0.3, 0.4) is 0 Å². The van der Waals surface area contributed by atoms with Crippen molar-refractivity contribution in [3.63, 3.8) is 0 Å². The van der Waals surface area contributed by atoms with E-state index >= 15 is 0 Å². The number of rotatable bonds is 2. The van der Waals surface area contributed by atoms with E-state index in [0.29, 0.717) is 31.5 Å². The van der Waals surface area contributed by atoms with Crippen molar-refractivity contribution in [3.05, 3.63) is 17.0 Å². The van der Waals surface area contributed by atoms with Crippen molar-refractivity contribution in [1.82, 2.24) is 14.7 Å². The second-order valence-electron chi connectivity index (χ2n) is 6.51. The van der Waals surface area contributed by atoms with E-state index in [1.165, 1.54) is 4.68 Å². The SMILES string of the molecule is Cn1nc2c(c1C(=O)O)CN(C(=O)CC(C)(C)C)CC2. The number of aromatic nitrogens is 2. The average Bonchev–Trinajstić information content (AvgIpc) is 2.61. The Balaban J connectivity index is 2.22. The van der Waals surface area contributed by atoms with E-state index in [-0.39, 0.29) is 17.0 Å². The lowest BCUT2D eigenvalue weighted by Gasteiger charge is -2.29. The minimum Gasteiger partial charge on any atom is -0.477 e. The van der Waals surface area contributed by atoms with Crippen LogP contribution < -0.4 is 0 Å². The van der Waals surface area contributed by atoms with Crippen molar-refractivity contribution in [2.45, 2.75) is 40.2 Å². The minimum atomic E-state index is -0.994. The predicted octanol–water partition coefficient (Wildman–Crippen LogP) is 1.44. The van der Waals surface area contributed by atoms with Crippen molar-refractivity contribution in [2.24, 2.45) is 12.5 Å². The monoisotopic (exact) mass is 279 g/mol. The first-order valence-corrected chi connectivity index (χ1v) is 6.75. The van der Waals surface area contributed by atoms with Gasteiger partial charge in [0.2, 0.25) is 5.91 Å². The molecule has 1 aromatic rings. The molecule has 0 radical (unpaired) electrons. The Hall–Kier alpha value is -1.85. The molecule has 1 aliphatic rings. The van der Waals surface area contributed by atoms with E-state index in [1.807, 2.05) is 20.8 Å². The Kier molecular flexibility index (Phi) is 3.58. The van der Waals surface area contributed by atoms with Gasteiger partial charge in [0, 0.05) is 38.5 Å². The van der Waals surface area contributed by atoms with E-state index in [9.17, 15) is 14.7 Å². The third kappa shape index (κ3) is 2.84. The van der Waals surface area contributed by atoms with Gasteiger partial charge in [-0.1, -0.05) is 20.8 Å². The number of hydrogen-bond donors (Lipinski definition) is 1. The molecule has 110 valence electrons. The Bertz CT molecular complexity index is 555. The van der Waals surface area contributed by atoms with Crippen LogP contribution in [0, 0.1) is 5.41 Å². The van der Waals surface area contributed by atoms with Crippen molar-refractivity contribution < 1.29 is 14.7 Å². The van der Waals surface area contributed by atoms with Gasteiger partial charge in [-0.15, -0.1) is 0 Å². The molecule has 1 N–H and O–H groups in total. The number of nitrogens with zero attached hydrogens (tertiary/aromatic N) is 3. The Morgan fingerprint density at radius 1 is 1.35 bits per heavy atom. The second-order valence-corrected chi connectivity index (χ2v) is 6.51. The number of carboxylic acid groups (broad SMARTS) is 1. The summed E-state index contributed by atoms with van der Waals surface area (Å²) < 4.78 is 1.39. The van der Waals surface area contributed by atoms with Gasteiger partial charge < -0.3 is 10.0 Å². The predicted molar refractivity (Wildman–Crippen MR) is 73.4 cm³/mol. The summed E-state index contributed by atoms with van der Waals surface area (Å²) in [6.45, 7) is 7.02. The molecule has 20 heavy (non-hydrogen) atoms. The van der Waals surface area contributed by atoms with E-state index in [4.69, 9.17) is 0 Å². The number of carbonyl (C=O) groups excluding carboxylic acids is 1. The highest BCUT2D eigenvalue weighted by atomic mass is 16.4. The summed E-state index contributed by atoms with van der Waals surface area (Å²) >= 11 is 0. The third-order valence-electron chi connectivity index (χ3n) is 3.43. The molecule has 2 heterocycles. The summed E-state index contributed by atoms with van der Waals surface area (Å²) in [5.41, 5.74) is 1.59. The van der Waals surface area contributed by atoms with Crippen LogP contribution in [-0.2, 0) is 24.8 Å². The zero-order valence-electron chi connectivity index (χ0n) is 12.4. The fourth-order valence-electron chi connectivity index (χ4n) is 2.55. The van der Waals surface area contributed by atoms with E-state index in [0.717, 1.165) is 5.69 Å². The van der Waals surface area contributed by atoms with Crippen LogP contribution in [0.2, 0.25) is 0 Å². The number of hydrogen-bond acceptors (Lipinski definition) is 3. The van der Waals surface area contributed by atoms with Crippen molar-refractivity contribution >= 4 is 11.9 Å². The zero-order valence-corrected chi connectivity index (χ0v) is 12.4. The maximum atomic E-state index is 12.3. The fourth-order valence-corrected chi connectivity index (χ4v) is 2.55. The molecule has 0 fully saturated rings. The number of fused-ring (bicyclic) bond motifs is 1. The third-order valence-corrected chi connectivity index (χ3v) is 3.43. The summed E-state index contributed by atoms with van der Waals surface area (Å²) in [6.07, 6.45) is 1.08. The van der Waals surface area contributed by atoms with Crippen molar-refractivity contribution in [2.75, 3.05) is 6.54 Å². The molecule has 6 nitrogen and oxygen atoms in total. The molecule has 0 aromatic carbocycles. The van der Waals surface area contributed by atoms with Crippen LogP contribution in [-0.4, -0.2) is 38.2 Å². The van der Waals surface area contributed by atoms with Crippen LogP contribution in [0.4, 0.5) is 0 Å². The summed E-state index contributed by atoms with van der Waals surface area (Å²) in [5, 5.41) is 13.5. The largest absolute Gasteiger partial charge is 0.477 e. The molecule has 0 aliphatic carbocycles. The van der Waals surface area contributed by atoms with Gasteiger partial charge >= 0.3 is 5.97 Å². The summed E-state index contributed by atoms with van der Waals surface area (Å²) in [6, 6.07) is 0. The van der Waals surface area contributed by atoms with Crippen molar-refractivity contribution in [3.8, 4) is 0 Å². The summed E-state index contributed by atoms with van der Waals surface area (Å²) in [4.78, 5) is 25.3. The van der Waals surface area contributed by atoms with Gasteiger partial charge in [0.15, 0.2) is 5.69 Å². The molecule has 6 heteroatoms. The number of carboxylic acids is 1. The van der Waals surface area contributed by atoms with E-state index in [1.54, 1.807) is 11.9 Å². The first kappa shape index (κ1) is 14.6. The molecule has 0 spiro atoms. The molecule has 0 saturated carbocycles. The van der Waals surface area contributed by atoms with Crippen LogP contribution in [0.15, 0.2) is 0 Å². The van der Waals surface area contributed by atoms with Gasteiger partial charge in [-0.2, -0.15) is 5.10 Å². The maximum Gasteiger partial charge on any atom is 0.354 e. The van der Waals surface area contributed by atoms with Crippen LogP contribution in [0.1, 0.15) is 48.9 Å². The van der Waals surface area contributed by atoms with Gasteiger partial charge in [-0.3, -0.25) is 9.48 Å². The highest BCUT2D eigenvalue weighted by Gasteiger charge is 2.30. The molecule has 2 rings (SSSR count). The molecule has 0 atom stereocenters. The molecule has 1 amide bonds. The summed E-state index contributed by atoms with van der Waals surface area (Å²) in [5.74, 6) is -0.922. The highest BCUT2D eigenvalue weighted by molar-refractivity contribution is 5.88. The first-order chi connectivity index (χ1) is 9.19. The van der Waals surface area contributed by atoms with E-state index < -0.39 is 5.97 Å². The lowest BCUT2D eigenvalue weighted by Crippen LogP contribution is -2.38. The minimum absolute atomic E-state index is 0.0675. The van der Waals surface area contributed by atoms with Gasteiger partial charge in [0.25, 0.3) is 0 Å². The van der Waals surface area contributed by atoms with Crippen molar-refractivity contribution in [1.29, 1.82) is 0 Å². The quantitative estimate of drug-likeness (QED) is 0.888. The average molecular weight is 279 g/mol. The Morgan fingerprint density at radius 3 is 2.55 bits per heavy atom. The zero-order chi connectivity index (χ0) is 15.1. The molecule has 1 aromatic heterocycles.